The van der Waals surface area contributed by atoms with Gasteiger partial charge in [-0.05, 0) is 58.7 Å². The maximum atomic E-state index is 13.1. The van der Waals surface area contributed by atoms with Crippen LogP contribution in [0.2, 0.25) is 0 Å². The number of rotatable bonds is 2. The third-order valence-electron chi connectivity index (χ3n) is 2.40. The Labute approximate surface area is 112 Å². The van der Waals surface area contributed by atoms with Crippen LogP contribution in [0, 0.1) is 12.7 Å². The lowest BCUT2D eigenvalue weighted by Gasteiger charge is -2.06. The Morgan fingerprint density at radius 3 is 2.78 bits per heavy atom. The smallest absolute Gasteiger partial charge is 0.255 e. The lowest BCUT2D eigenvalue weighted by Crippen LogP contribution is -2.12. The number of carbonyl (C=O) groups is 1. The summed E-state index contributed by atoms with van der Waals surface area (Å²) in [6.45, 7) is 1.65. The Kier molecular flexibility index (Phi) is 3.72. The summed E-state index contributed by atoms with van der Waals surface area (Å²) in [7, 11) is 0. The molecule has 92 valence electrons. The van der Waals surface area contributed by atoms with Crippen LogP contribution in [-0.2, 0) is 0 Å². The number of carbonyl (C=O) groups excluding carboxylic acids is 1. The van der Waals surface area contributed by atoms with Gasteiger partial charge in [-0.3, -0.25) is 4.79 Å². The standard InChI is InChI=1S/C13H10BrFN2O/c1-8-6-10(2-3-11(8)15)17-13(18)9-4-5-16-12(14)7-9/h2-7H,1H3,(H,17,18). The van der Waals surface area contributed by atoms with E-state index in [1.54, 1.807) is 25.1 Å². The minimum absolute atomic E-state index is 0.260. The summed E-state index contributed by atoms with van der Waals surface area (Å²) in [5, 5.41) is 2.70. The van der Waals surface area contributed by atoms with Gasteiger partial charge in [-0.2, -0.15) is 0 Å². The number of hydrogen-bond donors (Lipinski definition) is 1. The molecule has 0 spiro atoms. The zero-order valence-corrected chi connectivity index (χ0v) is 11.2. The van der Waals surface area contributed by atoms with E-state index < -0.39 is 0 Å². The molecule has 1 aromatic heterocycles. The van der Waals surface area contributed by atoms with Gasteiger partial charge in [0.05, 0.1) is 0 Å². The van der Waals surface area contributed by atoms with Crippen LogP contribution < -0.4 is 5.32 Å². The molecule has 0 unspecified atom stereocenters. The lowest BCUT2D eigenvalue weighted by atomic mass is 10.2. The number of aryl methyl sites for hydroxylation is 1. The molecule has 1 aromatic carbocycles. The topological polar surface area (TPSA) is 42.0 Å². The van der Waals surface area contributed by atoms with Gasteiger partial charge >= 0.3 is 0 Å². The number of benzene rings is 1. The zero-order valence-electron chi connectivity index (χ0n) is 9.58. The number of nitrogens with one attached hydrogen (secondary N) is 1. The highest BCUT2D eigenvalue weighted by Crippen LogP contribution is 2.15. The van der Waals surface area contributed by atoms with Crippen LogP contribution in [0.1, 0.15) is 15.9 Å². The summed E-state index contributed by atoms with van der Waals surface area (Å²) in [4.78, 5) is 15.9. The fourth-order valence-electron chi connectivity index (χ4n) is 1.47. The van der Waals surface area contributed by atoms with Crippen LogP contribution in [0.25, 0.3) is 0 Å². The van der Waals surface area contributed by atoms with Crippen LogP contribution in [0.4, 0.5) is 10.1 Å². The van der Waals surface area contributed by atoms with Gasteiger partial charge in [0.15, 0.2) is 0 Å². The van der Waals surface area contributed by atoms with Gasteiger partial charge in [-0.15, -0.1) is 0 Å². The fraction of sp³-hybridized carbons (Fsp3) is 0.0769. The molecule has 1 heterocycles. The van der Waals surface area contributed by atoms with Gasteiger partial charge in [0.2, 0.25) is 0 Å². The first-order chi connectivity index (χ1) is 8.56. The van der Waals surface area contributed by atoms with Crippen LogP contribution in [0.15, 0.2) is 41.1 Å². The number of nitrogens with zero attached hydrogens (tertiary/aromatic N) is 1. The van der Waals surface area contributed by atoms with Crippen molar-refractivity contribution in [2.75, 3.05) is 5.32 Å². The van der Waals surface area contributed by atoms with E-state index in [-0.39, 0.29) is 11.7 Å². The van der Waals surface area contributed by atoms with Crippen molar-refractivity contribution < 1.29 is 9.18 Å². The Balaban J connectivity index is 2.18. The van der Waals surface area contributed by atoms with Crippen molar-refractivity contribution in [3.63, 3.8) is 0 Å². The molecule has 2 aromatic rings. The highest BCUT2D eigenvalue weighted by Gasteiger charge is 2.07. The van der Waals surface area contributed by atoms with E-state index >= 15 is 0 Å². The number of aromatic nitrogens is 1. The molecule has 18 heavy (non-hydrogen) atoms. The van der Waals surface area contributed by atoms with E-state index in [0.29, 0.717) is 21.4 Å². The Hall–Kier alpha value is -1.75. The molecule has 0 aliphatic rings. The maximum Gasteiger partial charge on any atom is 0.255 e. The molecule has 0 aliphatic heterocycles. The molecule has 0 fully saturated rings. The van der Waals surface area contributed by atoms with Gasteiger partial charge in [0.1, 0.15) is 10.4 Å². The second-order valence-corrected chi connectivity index (χ2v) is 4.60. The quantitative estimate of drug-likeness (QED) is 0.862. The molecular weight excluding hydrogens is 299 g/mol. The SMILES string of the molecule is Cc1cc(NC(=O)c2ccnc(Br)c2)ccc1F. The van der Waals surface area contributed by atoms with Gasteiger partial charge in [-0.25, -0.2) is 9.37 Å². The summed E-state index contributed by atoms with van der Waals surface area (Å²) in [6.07, 6.45) is 1.54. The van der Waals surface area contributed by atoms with E-state index in [0.717, 1.165) is 0 Å². The van der Waals surface area contributed by atoms with Crippen molar-refractivity contribution in [1.82, 2.24) is 4.98 Å². The molecule has 5 heteroatoms. The maximum absolute atomic E-state index is 13.1. The highest BCUT2D eigenvalue weighted by atomic mass is 79.9. The molecule has 0 radical (unpaired) electrons. The molecule has 1 amide bonds. The summed E-state index contributed by atoms with van der Waals surface area (Å²) < 4.78 is 13.7. The molecule has 0 atom stereocenters. The second-order valence-electron chi connectivity index (χ2n) is 3.79. The van der Waals surface area contributed by atoms with Crippen molar-refractivity contribution in [2.45, 2.75) is 6.92 Å². The number of amides is 1. The van der Waals surface area contributed by atoms with Crippen LogP contribution in [0.3, 0.4) is 0 Å². The monoisotopic (exact) mass is 308 g/mol. The average Bonchev–Trinajstić information content (AvgIpc) is 2.34. The number of halogens is 2. The van der Waals surface area contributed by atoms with Crippen LogP contribution in [0.5, 0.6) is 0 Å². The lowest BCUT2D eigenvalue weighted by molar-refractivity contribution is 0.102. The Morgan fingerprint density at radius 1 is 1.33 bits per heavy atom. The third-order valence-corrected chi connectivity index (χ3v) is 2.84. The van der Waals surface area contributed by atoms with Crippen molar-refractivity contribution in [3.05, 3.63) is 58.1 Å². The summed E-state index contributed by atoms with van der Waals surface area (Å²) in [5.74, 6) is -0.552. The normalized spacial score (nSPS) is 10.2. The molecule has 0 bridgehead atoms. The summed E-state index contributed by atoms with van der Waals surface area (Å²) in [5.41, 5.74) is 1.54. The minimum atomic E-state index is -0.292. The first-order valence-corrected chi connectivity index (χ1v) is 6.04. The first kappa shape index (κ1) is 12.7. The van der Waals surface area contributed by atoms with Crippen LogP contribution >= 0.6 is 15.9 Å². The highest BCUT2D eigenvalue weighted by molar-refractivity contribution is 9.10. The molecule has 0 aliphatic carbocycles. The van der Waals surface area contributed by atoms with Gasteiger partial charge in [0.25, 0.3) is 5.91 Å². The zero-order chi connectivity index (χ0) is 13.1. The third kappa shape index (κ3) is 2.92. The molecular formula is C13H10BrFN2O. The van der Waals surface area contributed by atoms with Crippen molar-refractivity contribution in [1.29, 1.82) is 0 Å². The Morgan fingerprint density at radius 2 is 2.11 bits per heavy atom. The fourth-order valence-corrected chi connectivity index (χ4v) is 1.83. The summed E-state index contributed by atoms with van der Waals surface area (Å²) in [6, 6.07) is 7.66. The second kappa shape index (κ2) is 5.27. The molecule has 1 N–H and O–H groups in total. The molecule has 0 saturated heterocycles. The molecule has 2 rings (SSSR count). The minimum Gasteiger partial charge on any atom is -0.322 e. The largest absolute Gasteiger partial charge is 0.322 e. The average molecular weight is 309 g/mol. The van der Waals surface area contributed by atoms with Gasteiger partial charge in [-0.1, -0.05) is 0 Å². The van der Waals surface area contributed by atoms with Crippen molar-refractivity contribution in [3.8, 4) is 0 Å². The molecule has 0 saturated carbocycles. The first-order valence-electron chi connectivity index (χ1n) is 5.25. The van der Waals surface area contributed by atoms with Crippen molar-refractivity contribution >= 4 is 27.5 Å². The number of hydrogen-bond acceptors (Lipinski definition) is 2. The number of anilines is 1. The molecule has 3 nitrogen and oxygen atoms in total. The van der Waals surface area contributed by atoms with E-state index in [2.05, 4.69) is 26.2 Å². The van der Waals surface area contributed by atoms with Gasteiger partial charge < -0.3 is 5.32 Å². The predicted octanol–water partition coefficient (Wildman–Crippen LogP) is 3.54. The van der Waals surface area contributed by atoms with Crippen LogP contribution in [-0.4, -0.2) is 10.9 Å². The predicted molar refractivity (Wildman–Crippen MR) is 71.0 cm³/mol. The van der Waals surface area contributed by atoms with E-state index in [9.17, 15) is 9.18 Å². The van der Waals surface area contributed by atoms with Crippen molar-refractivity contribution in [2.24, 2.45) is 0 Å². The van der Waals surface area contributed by atoms with E-state index in [1.807, 2.05) is 0 Å². The van der Waals surface area contributed by atoms with E-state index in [4.69, 9.17) is 0 Å². The summed E-state index contributed by atoms with van der Waals surface area (Å²) >= 11 is 3.20. The van der Waals surface area contributed by atoms with Gasteiger partial charge in [0, 0.05) is 17.4 Å². The Bertz CT molecular complexity index is 601. The number of pyridine rings is 1. The van der Waals surface area contributed by atoms with E-state index in [1.165, 1.54) is 18.3 Å².